The zero-order valence-electron chi connectivity index (χ0n) is 18.0. The molecule has 0 aliphatic carbocycles. The molecule has 1 aromatic heterocycles. The van der Waals surface area contributed by atoms with Gasteiger partial charge in [-0.1, -0.05) is 6.07 Å². The number of benzene rings is 1. The second-order valence-corrected chi connectivity index (χ2v) is 7.54. The van der Waals surface area contributed by atoms with Crippen molar-refractivity contribution < 1.29 is 18.4 Å². The molecule has 0 saturated carbocycles. The van der Waals surface area contributed by atoms with Gasteiger partial charge in [0.25, 0.3) is 11.8 Å². The number of pyridine rings is 1. The number of amides is 2. The Bertz CT molecular complexity index is 919. The van der Waals surface area contributed by atoms with E-state index in [0.717, 1.165) is 24.2 Å². The Hall–Kier alpha value is -2.87. The maximum Gasteiger partial charge on any atom is 0.257 e. The van der Waals surface area contributed by atoms with Gasteiger partial charge in [-0.3, -0.25) is 19.5 Å². The molecule has 1 aromatic carbocycles. The lowest BCUT2D eigenvalue weighted by atomic mass is 10.0. The fraction of sp³-hybridized carbons (Fsp3) is 0.435. The van der Waals surface area contributed by atoms with Crippen molar-refractivity contribution >= 4 is 11.8 Å². The maximum absolute atomic E-state index is 14.7. The van der Waals surface area contributed by atoms with E-state index in [1.54, 1.807) is 26.2 Å². The normalized spacial score (nSPS) is 14.9. The Labute approximate surface area is 181 Å². The Morgan fingerprint density at radius 3 is 2.35 bits per heavy atom. The van der Waals surface area contributed by atoms with Crippen LogP contribution in [-0.4, -0.2) is 70.8 Å². The van der Waals surface area contributed by atoms with Gasteiger partial charge >= 0.3 is 0 Å². The molecule has 1 fully saturated rings. The van der Waals surface area contributed by atoms with Gasteiger partial charge in [-0.15, -0.1) is 0 Å². The van der Waals surface area contributed by atoms with Crippen molar-refractivity contribution in [2.75, 3.05) is 39.3 Å². The van der Waals surface area contributed by atoms with E-state index in [1.165, 1.54) is 9.80 Å². The van der Waals surface area contributed by atoms with Crippen LogP contribution in [0.4, 0.5) is 8.78 Å². The highest BCUT2D eigenvalue weighted by molar-refractivity contribution is 6.07. The number of rotatable bonds is 6. The van der Waals surface area contributed by atoms with Crippen molar-refractivity contribution in [1.82, 2.24) is 19.7 Å². The van der Waals surface area contributed by atoms with Crippen molar-refractivity contribution in [1.29, 1.82) is 0 Å². The second kappa shape index (κ2) is 10.4. The molecule has 166 valence electrons. The van der Waals surface area contributed by atoms with E-state index in [2.05, 4.69) is 9.88 Å². The summed E-state index contributed by atoms with van der Waals surface area (Å²) >= 11 is 0. The molecule has 31 heavy (non-hydrogen) atoms. The SMILES string of the molecule is CCN(CC)C(=O)c1c(F)ccc(F)c1C(=O)N1CCCN(Cc2cccnc2)CC1. The molecule has 6 nitrogen and oxygen atoms in total. The summed E-state index contributed by atoms with van der Waals surface area (Å²) in [5.41, 5.74) is 0.119. The van der Waals surface area contributed by atoms with E-state index >= 15 is 0 Å². The molecule has 1 aliphatic heterocycles. The van der Waals surface area contributed by atoms with Crippen LogP contribution in [0, 0.1) is 11.6 Å². The summed E-state index contributed by atoms with van der Waals surface area (Å²) in [7, 11) is 0. The predicted molar refractivity (Wildman–Crippen MR) is 114 cm³/mol. The molecule has 0 unspecified atom stereocenters. The molecular formula is C23H28F2N4O2. The van der Waals surface area contributed by atoms with Crippen molar-refractivity contribution in [3.05, 3.63) is 65.0 Å². The van der Waals surface area contributed by atoms with E-state index in [-0.39, 0.29) is 0 Å². The van der Waals surface area contributed by atoms with Gasteiger partial charge in [0.15, 0.2) is 0 Å². The van der Waals surface area contributed by atoms with E-state index < -0.39 is 34.6 Å². The summed E-state index contributed by atoms with van der Waals surface area (Å²) in [6, 6.07) is 5.69. The molecule has 1 saturated heterocycles. The van der Waals surface area contributed by atoms with Gasteiger partial charge in [-0.05, 0) is 44.0 Å². The van der Waals surface area contributed by atoms with Gasteiger partial charge in [-0.25, -0.2) is 8.78 Å². The average molecular weight is 430 g/mol. The minimum absolute atomic E-state index is 0.339. The summed E-state index contributed by atoms with van der Waals surface area (Å²) in [4.78, 5) is 35.3. The quantitative estimate of drug-likeness (QED) is 0.706. The van der Waals surface area contributed by atoms with Crippen molar-refractivity contribution in [3.63, 3.8) is 0 Å². The summed E-state index contributed by atoms with van der Waals surface area (Å²) in [6.45, 7) is 7.04. The lowest BCUT2D eigenvalue weighted by Crippen LogP contribution is -2.38. The molecule has 0 N–H and O–H groups in total. The number of hydrogen-bond donors (Lipinski definition) is 0. The predicted octanol–water partition coefficient (Wildman–Crippen LogP) is 3.19. The van der Waals surface area contributed by atoms with Crippen LogP contribution in [0.3, 0.4) is 0 Å². The van der Waals surface area contributed by atoms with Gasteiger partial charge in [0, 0.05) is 58.2 Å². The molecule has 8 heteroatoms. The van der Waals surface area contributed by atoms with E-state index in [4.69, 9.17) is 0 Å². The van der Waals surface area contributed by atoms with Crippen LogP contribution in [-0.2, 0) is 6.54 Å². The summed E-state index contributed by atoms with van der Waals surface area (Å²) in [5.74, 6) is -3.07. The summed E-state index contributed by atoms with van der Waals surface area (Å²) in [6.07, 6.45) is 4.22. The molecular weight excluding hydrogens is 402 g/mol. The van der Waals surface area contributed by atoms with Gasteiger partial charge in [0.05, 0.1) is 11.1 Å². The fourth-order valence-corrected chi connectivity index (χ4v) is 3.88. The monoisotopic (exact) mass is 430 g/mol. The molecule has 2 heterocycles. The van der Waals surface area contributed by atoms with Crippen LogP contribution < -0.4 is 0 Å². The third-order valence-electron chi connectivity index (χ3n) is 5.59. The molecule has 2 aromatic rings. The van der Waals surface area contributed by atoms with Crippen molar-refractivity contribution in [2.24, 2.45) is 0 Å². The first-order valence-electron chi connectivity index (χ1n) is 10.6. The van der Waals surface area contributed by atoms with Crippen LogP contribution in [0.1, 0.15) is 46.5 Å². The molecule has 0 atom stereocenters. The molecule has 0 bridgehead atoms. The first-order chi connectivity index (χ1) is 15.0. The lowest BCUT2D eigenvalue weighted by Gasteiger charge is -2.25. The number of hydrogen-bond acceptors (Lipinski definition) is 4. The Balaban J connectivity index is 1.81. The average Bonchev–Trinajstić information content (AvgIpc) is 3.01. The number of nitrogens with zero attached hydrogens (tertiary/aromatic N) is 4. The van der Waals surface area contributed by atoms with Crippen LogP contribution >= 0.6 is 0 Å². The molecule has 2 amide bonds. The Morgan fingerprint density at radius 2 is 1.71 bits per heavy atom. The third-order valence-corrected chi connectivity index (χ3v) is 5.59. The van der Waals surface area contributed by atoms with E-state index in [0.29, 0.717) is 45.7 Å². The minimum atomic E-state index is -0.880. The number of aromatic nitrogens is 1. The molecule has 0 radical (unpaired) electrons. The number of carbonyl (C=O) groups is 2. The molecule has 0 spiro atoms. The van der Waals surface area contributed by atoms with Crippen LogP contribution in [0.5, 0.6) is 0 Å². The topological polar surface area (TPSA) is 56.8 Å². The number of halogens is 2. The van der Waals surface area contributed by atoms with Gasteiger partial charge in [-0.2, -0.15) is 0 Å². The van der Waals surface area contributed by atoms with E-state index in [1.807, 2.05) is 12.1 Å². The van der Waals surface area contributed by atoms with Crippen LogP contribution in [0.2, 0.25) is 0 Å². The van der Waals surface area contributed by atoms with Crippen LogP contribution in [0.25, 0.3) is 0 Å². The van der Waals surface area contributed by atoms with E-state index in [9.17, 15) is 18.4 Å². The summed E-state index contributed by atoms with van der Waals surface area (Å²) in [5, 5.41) is 0. The largest absolute Gasteiger partial charge is 0.339 e. The smallest absolute Gasteiger partial charge is 0.257 e. The highest BCUT2D eigenvalue weighted by Gasteiger charge is 2.31. The first-order valence-corrected chi connectivity index (χ1v) is 10.6. The fourth-order valence-electron chi connectivity index (χ4n) is 3.88. The zero-order valence-corrected chi connectivity index (χ0v) is 18.0. The summed E-state index contributed by atoms with van der Waals surface area (Å²) < 4.78 is 29.4. The van der Waals surface area contributed by atoms with Gasteiger partial charge in [0.2, 0.25) is 0 Å². The van der Waals surface area contributed by atoms with Gasteiger partial charge < -0.3 is 9.80 Å². The van der Waals surface area contributed by atoms with Crippen LogP contribution in [0.15, 0.2) is 36.7 Å². The van der Waals surface area contributed by atoms with Gasteiger partial charge in [0.1, 0.15) is 11.6 Å². The van der Waals surface area contributed by atoms with Crippen molar-refractivity contribution in [3.8, 4) is 0 Å². The number of carbonyl (C=O) groups excluding carboxylic acids is 2. The zero-order chi connectivity index (χ0) is 22.4. The molecule has 1 aliphatic rings. The van der Waals surface area contributed by atoms with Crippen molar-refractivity contribution in [2.45, 2.75) is 26.8 Å². The standard InChI is InChI=1S/C23H28F2N4O2/c1-3-28(4-2)22(30)20-18(24)8-9-19(25)21(20)23(31)29-12-6-11-27(13-14-29)16-17-7-5-10-26-15-17/h5,7-10,15H,3-4,6,11-14,16H2,1-2H3. The lowest BCUT2D eigenvalue weighted by molar-refractivity contribution is 0.0719. The maximum atomic E-state index is 14.7. The highest BCUT2D eigenvalue weighted by atomic mass is 19.1. The Morgan fingerprint density at radius 1 is 1.00 bits per heavy atom. The molecule has 3 rings (SSSR count). The highest BCUT2D eigenvalue weighted by Crippen LogP contribution is 2.22. The second-order valence-electron chi connectivity index (χ2n) is 7.54. The Kier molecular flexibility index (Phi) is 7.68. The first kappa shape index (κ1) is 22.8. The third kappa shape index (κ3) is 5.25. The minimum Gasteiger partial charge on any atom is -0.339 e.